The van der Waals surface area contributed by atoms with Crippen molar-refractivity contribution in [3.05, 3.63) is 60.5 Å². The molecule has 0 aliphatic heterocycles. The zero-order valence-corrected chi connectivity index (χ0v) is 14.2. The molecular formula is C13H10Br2IN. The van der Waals surface area contributed by atoms with E-state index in [0.717, 1.165) is 21.2 Å². The van der Waals surface area contributed by atoms with Crippen LogP contribution in [0.1, 0.15) is 5.56 Å². The molecule has 0 aliphatic carbocycles. The maximum Gasteiger partial charge on any atom is 0.0488 e. The first-order valence-electron chi connectivity index (χ1n) is 5.08. The fraction of sp³-hybridized carbons (Fsp3) is 0.0769. The highest BCUT2D eigenvalue weighted by Gasteiger charge is 2.00. The van der Waals surface area contributed by atoms with E-state index in [1.165, 1.54) is 9.13 Å². The third-order valence-corrected chi connectivity index (χ3v) is 4.20. The van der Waals surface area contributed by atoms with E-state index in [0.29, 0.717) is 0 Å². The standard InChI is InChI=1S/C13H10Br2IN/c14-10-3-6-13(12(15)7-10)17-8-9-1-4-11(16)5-2-9/h1-7,17H,8H2. The Kier molecular flexibility index (Phi) is 4.87. The maximum absolute atomic E-state index is 3.54. The van der Waals surface area contributed by atoms with Crippen LogP contribution < -0.4 is 5.32 Å². The lowest BCUT2D eigenvalue weighted by Crippen LogP contribution is -1.99. The van der Waals surface area contributed by atoms with Crippen LogP contribution in [0, 0.1) is 3.57 Å². The van der Waals surface area contributed by atoms with E-state index in [4.69, 9.17) is 0 Å². The highest BCUT2D eigenvalue weighted by Crippen LogP contribution is 2.26. The van der Waals surface area contributed by atoms with Gasteiger partial charge in [-0.1, -0.05) is 28.1 Å². The van der Waals surface area contributed by atoms with Gasteiger partial charge in [-0.15, -0.1) is 0 Å². The molecule has 0 saturated carbocycles. The van der Waals surface area contributed by atoms with Gasteiger partial charge in [0.05, 0.1) is 0 Å². The number of nitrogens with one attached hydrogen (secondary N) is 1. The summed E-state index contributed by atoms with van der Waals surface area (Å²) in [6.07, 6.45) is 0. The van der Waals surface area contributed by atoms with Crippen molar-refractivity contribution >= 4 is 60.1 Å². The number of benzene rings is 2. The molecular weight excluding hydrogens is 457 g/mol. The summed E-state index contributed by atoms with van der Waals surface area (Å²) in [7, 11) is 0. The van der Waals surface area contributed by atoms with Crippen LogP contribution in [0.2, 0.25) is 0 Å². The summed E-state index contributed by atoms with van der Waals surface area (Å²) in [5.41, 5.74) is 2.38. The zero-order chi connectivity index (χ0) is 12.3. The number of halogens is 3. The lowest BCUT2D eigenvalue weighted by atomic mass is 10.2. The molecule has 0 aliphatic rings. The molecule has 0 aromatic heterocycles. The van der Waals surface area contributed by atoms with Crippen molar-refractivity contribution in [1.82, 2.24) is 0 Å². The van der Waals surface area contributed by atoms with Crippen molar-refractivity contribution in [3.63, 3.8) is 0 Å². The van der Waals surface area contributed by atoms with E-state index in [2.05, 4.69) is 90.1 Å². The first kappa shape index (κ1) is 13.4. The zero-order valence-electron chi connectivity index (χ0n) is 8.88. The van der Waals surface area contributed by atoms with E-state index in [1.807, 2.05) is 12.1 Å². The molecule has 0 unspecified atom stereocenters. The monoisotopic (exact) mass is 465 g/mol. The Balaban J connectivity index is 2.04. The Morgan fingerprint density at radius 3 is 2.35 bits per heavy atom. The van der Waals surface area contributed by atoms with Crippen LogP contribution in [0.5, 0.6) is 0 Å². The van der Waals surface area contributed by atoms with Gasteiger partial charge in [0.15, 0.2) is 0 Å². The smallest absolute Gasteiger partial charge is 0.0488 e. The molecule has 0 radical (unpaired) electrons. The van der Waals surface area contributed by atoms with Crippen molar-refractivity contribution in [1.29, 1.82) is 0 Å². The summed E-state index contributed by atoms with van der Waals surface area (Å²) in [5, 5.41) is 3.41. The SMILES string of the molecule is Brc1ccc(NCc2ccc(I)cc2)c(Br)c1. The Labute approximate surface area is 131 Å². The van der Waals surface area contributed by atoms with E-state index in [1.54, 1.807) is 0 Å². The summed E-state index contributed by atoms with van der Waals surface area (Å²) in [4.78, 5) is 0. The van der Waals surface area contributed by atoms with Gasteiger partial charge in [-0.2, -0.15) is 0 Å². The van der Waals surface area contributed by atoms with Gasteiger partial charge in [-0.05, 0) is 74.4 Å². The first-order chi connectivity index (χ1) is 8.15. The quantitative estimate of drug-likeness (QED) is 0.595. The number of anilines is 1. The predicted molar refractivity (Wildman–Crippen MR) is 88.3 cm³/mol. The normalized spacial score (nSPS) is 10.3. The largest absolute Gasteiger partial charge is 0.380 e. The fourth-order valence-electron chi connectivity index (χ4n) is 1.43. The van der Waals surface area contributed by atoms with Crippen LogP contribution in [0.3, 0.4) is 0 Å². The van der Waals surface area contributed by atoms with Crippen LogP contribution in [0.25, 0.3) is 0 Å². The molecule has 1 N–H and O–H groups in total. The predicted octanol–water partition coefficient (Wildman–Crippen LogP) is 5.43. The van der Waals surface area contributed by atoms with Crippen molar-refractivity contribution in [2.45, 2.75) is 6.54 Å². The van der Waals surface area contributed by atoms with Crippen LogP contribution in [0.4, 0.5) is 5.69 Å². The molecule has 2 rings (SSSR count). The maximum atomic E-state index is 3.54. The first-order valence-corrected chi connectivity index (χ1v) is 7.75. The number of hydrogen-bond donors (Lipinski definition) is 1. The van der Waals surface area contributed by atoms with Crippen LogP contribution in [-0.4, -0.2) is 0 Å². The molecule has 1 nitrogen and oxygen atoms in total. The van der Waals surface area contributed by atoms with Crippen molar-refractivity contribution in [2.75, 3.05) is 5.32 Å². The topological polar surface area (TPSA) is 12.0 Å². The molecule has 0 bridgehead atoms. The summed E-state index contributed by atoms with van der Waals surface area (Å²) < 4.78 is 3.40. The summed E-state index contributed by atoms with van der Waals surface area (Å²) in [5.74, 6) is 0. The van der Waals surface area contributed by atoms with Gasteiger partial charge in [0, 0.05) is 24.7 Å². The van der Waals surface area contributed by atoms with Crippen molar-refractivity contribution < 1.29 is 0 Å². The minimum atomic E-state index is 0.831. The van der Waals surface area contributed by atoms with Gasteiger partial charge in [0.25, 0.3) is 0 Å². The second-order valence-corrected chi connectivity index (χ2v) is 6.62. The van der Waals surface area contributed by atoms with Gasteiger partial charge in [0.2, 0.25) is 0 Å². The third kappa shape index (κ3) is 3.96. The minimum absolute atomic E-state index is 0.831. The van der Waals surface area contributed by atoms with Crippen LogP contribution in [-0.2, 0) is 6.54 Å². The molecule has 88 valence electrons. The fourth-order valence-corrected chi connectivity index (χ4v) is 2.98. The van der Waals surface area contributed by atoms with E-state index in [9.17, 15) is 0 Å². The number of hydrogen-bond acceptors (Lipinski definition) is 1. The van der Waals surface area contributed by atoms with Gasteiger partial charge >= 0.3 is 0 Å². The lowest BCUT2D eigenvalue weighted by molar-refractivity contribution is 1.14. The average Bonchev–Trinajstić information content (AvgIpc) is 2.30. The van der Waals surface area contributed by atoms with Crippen LogP contribution in [0.15, 0.2) is 51.4 Å². The molecule has 0 atom stereocenters. The number of rotatable bonds is 3. The molecule has 0 fully saturated rings. The Hall–Kier alpha value is -0.0700. The summed E-state index contributed by atoms with van der Waals surface area (Å²) >= 11 is 9.29. The van der Waals surface area contributed by atoms with Crippen LogP contribution >= 0.6 is 54.5 Å². The Morgan fingerprint density at radius 2 is 1.71 bits per heavy atom. The van der Waals surface area contributed by atoms with Crippen molar-refractivity contribution in [2.24, 2.45) is 0 Å². The summed E-state index contributed by atoms with van der Waals surface area (Å²) in [6, 6.07) is 14.6. The van der Waals surface area contributed by atoms with E-state index < -0.39 is 0 Å². The van der Waals surface area contributed by atoms with E-state index >= 15 is 0 Å². The van der Waals surface area contributed by atoms with Gasteiger partial charge < -0.3 is 5.32 Å². The molecule has 2 aromatic rings. The minimum Gasteiger partial charge on any atom is -0.380 e. The molecule has 4 heteroatoms. The Morgan fingerprint density at radius 1 is 1.00 bits per heavy atom. The second kappa shape index (κ2) is 6.20. The third-order valence-electron chi connectivity index (χ3n) is 2.33. The van der Waals surface area contributed by atoms with E-state index in [-0.39, 0.29) is 0 Å². The summed E-state index contributed by atoms with van der Waals surface area (Å²) in [6.45, 7) is 0.831. The van der Waals surface area contributed by atoms with Gasteiger partial charge in [-0.3, -0.25) is 0 Å². The highest BCUT2D eigenvalue weighted by molar-refractivity contribution is 14.1. The molecule has 0 amide bonds. The van der Waals surface area contributed by atoms with Crippen molar-refractivity contribution in [3.8, 4) is 0 Å². The second-order valence-electron chi connectivity index (χ2n) is 3.60. The lowest BCUT2D eigenvalue weighted by Gasteiger charge is -2.09. The molecule has 2 aromatic carbocycles. The molecule has 0 heterocycles. The Bertz CT molecular complexity index is 511. The average molecular weight is 467 g/mol. The van der Waals surface area contributed by atoms with Gasteiger partial charge in [0.1, 0.15) is 0 Å². The molecule has 0 spiro atoms. The molecule has 17 heavy (non-hydrogen) atoms. The highest BCUT2D eigenvalue weighted by atomic mass is 127. The van der Waals surface area contributed by atoms with Gasteiger partial charge in [-0.25, -0.2) is 0 Å². The molecule has 0 saturated heterocycles.